The molecule has 0 saturated carbocycles. The first-order chi connectivity index (χ1) is 8.64. The number of carbonyl (C=O) groups excluding carboxylic acids is 1. The average Bonchev–Trinajstić information content (AvgIpc) is 2.64. The highest BCUT2D eigenvalue weighted by atomic mass is 79.9. The van der Waals surface area contributed by atoms with E-state index in [1.165, 1.54) is 17.8 Å². The van der Waals surface area contributed by atoms with Crippen LogP contribution in [0.2, 0.25) is 0 Å². The van der Waals surface area contributed by atoms with Crippen molar-refractivity contribution in [2.75, 3.05) is 26.9 Å². The summed E-state index contributed by atoms with van der Waals surface area (Å²) in [6.45, 7) is 2.63. The van der Waals surface area contributed by atoms with Crippen LogP contribution in [0.15, 0.2) is 10.7 Å². The lowest BCUT2D eigenvalue weighted by atomic mass is 10.2. The number of hydrogen-bond donors (Lipinski definition) is 0. The number of Topliss-reactive ketones (excluding diaryl/α,β-unsaturated/α-hetero) is 1. The number of nitrogens with zero attached hydrogens (tertiary/aromatic N) is 3. The highest BCUT2D eigenvalue weighted by Gasteiger charge is 2.29. The Hall–Kier alpha value is -0.730. The van der Waals surface area contributed by atoms with E-state index >= 15 is 0 Å². The van der Waals surface area contributed by atoms with Crippen LogP contribution in [-0.2, 0) is 16.4 Å². The van der Waals surface area contributed by atoms with Gasteiger partial charge in [-0.05, 0) is 36.9 Å². The van der Waals surface area contributed by atoms with Gasteiger partial charge in [0.05, 0.1) is 17.2 Å². The molecule has 0 spiro atoms. The summed E-state index contributed by atoms with van der Waals surface area (Å²) in [5.74, 6) is -0.439. The summed E-state index contributed by atoms with van der Waals surface area (Å²) in [6, 6.07) is 0. The van der Waals surface area contributed by atoms with Crippen molar-refractivity contribution < 1.29 is 13.2 Å². The molecule has 1 aromatic rings. The second-order valence-corrected chi connectivity index (χ2v) is 7.92. The van der Waals surface area contributed by atoms with Gasteiger partial charge in [0, 0.05) is 12.8 Å². The Kier molecular flexibility index (Phi) is 5.28. The molecule has 0 aliphatic heterocycles. The number of aromatic nitrogens is 2. The van der Waals surface area contributed by atoms with Crippen LogP contribution in [0.3, 0.4) is 0 Å². The van der Waals surface area contributed by atoms with Gasteiger partial charge in [-0.1, -0.05) is 0 Å². The number of halogens is 1. The summed E-state index contributed by atoms with van der Waals surface area (Å²) in [6.07, 6.45) is 2.57. The molecule has 1 rings (SSSR count). The van der Waals surface area contributed by atoms with E-state index in [4.69, 9.17) is 0 Å². The fraction of sp³-hybridized carbons (Fsp3) is 0.636. The van der Waals surface area contributed by atoms with E-state index < -0.39 is 20.9 Å². The van der Waals surface area contributed by atoms with Crippen molar-refractivity contribution in [3.63, 3.8) is 0 Å². The molecular formula is C11H18BrN3O3S. The van der Waals surface area contributed by atoms with Crippen LogP contribution in [-0.4, -0.2) is 61.0 Å². The summed E-state index contributed by atoms with van der Waals surface area (Å²) >= 11 is 3.25. The molecule has 1 unspecified atom stereocenters. The molecule has 0 fully saturated rings. The van der Waals surface area contributed by atoms with E-state index in [0.717, 1.165) is 6.26 Å². The van der Waals surface area contributed by atoms with Crippen molar-refractivity contribution in [1.29, 1.82) is 0 Å². The third-order valence-corrected chi connectivity index (χ3v) is 4.88. The fourth-order valence-corrected chi connectivity index (χ4v) is 2.45. The molecule has 0 saturated heterocycles. The molecule has 6 nitrogen and oxygen atoms in total. The lowest BCUT2D eigenvalue weighted by Gasteiger charge is -2.13. The van der Waals surface area contributed by atoms with Gasteiger partial charge in [0.15, 0.2) is 15.6 Å². The van der Waals surface area contributed by atoms with Gasteiger partial charge in [0.25, 0.3) is 0 Å². The van der Waals surface area contributed by atoms with E-state index in [2.05, 4.69) is 21.0 Å². The molecule has 0 bridgehead atoms. The largest absolute Gasteiger partial charge is 0.308 e. The smallest absolute Gasteiger partial charge is 0.199 e. The Bertz CT molecular complexity index is 566. The zero-order valence-corrected chi connectivity index (χ0v) is 13.8. The van der Waals surface area contributed by atoms with Crippen LogP contribution < -0.4 is 0 Å². The zero-order valence-electron chi connectivity index (χ0n) is 11.4. The normalized spacial score (nSPS) is 13.8. The lowest BCUT2D eigenvalue weighted by molar-refractivity contribution is 0.0979. The summed E-state index contributed by atoms with van der Waals surface area (Å²) in [7, 11) is 0.417. The minimum Gasteiger partial charge on any atom is -0.308 e. The predicted octanol–water partition coefficient (Wildman–Crippen LogP) is 0.823. The Labute approximate surface area is 121 Å². The quantitative estimate of drug-likeness (QED) is 0.709. The topological polar surface area (TPSA) is 72.3 Å². The van der Waals surface area contributed by atoms with Crippen molar-refractivity contribution in [3.05, 3.63) is 16.4 Å². The van der Waals surface area contributed by atoms with Gasteiger partial charge in [-0.2, -0.15) is 5.10 Å². The van der Waals surface area contributed by atoms with Crippen LogP contribution in [0.1, 0.15) is 17.4 Å². The zero-order chi connectivity index (χ0) is 14.8. The monoisotopic (exact) mass is 351 g/mol. The van der Waals surface area contributed by atoms with E-state index in [9.17, 15) is 13.2 Å². The third-order valence-electron chi connectivity index (χ3n) is 2.80. The highest BCUT2D eigenvalue weighted by Crippen LogP contribution is 2.19. The molecule has 0 amide bonds. The van der Waals surface area contributed by atoms with Gasteiger partial charge >= 0.3 is 0 Å². The Morgan fingerprint density at radius 3 is 2.58 bits per heavy atom. The number of likely N-dealkylation sites (N-methyl/N-ethyl adjacent to an activating group) is 1. The van der Waals surface area contributed by atoms with Crippen molar-refractivity contribution in [1.82, 2.24) is 14.7 Å². The molecule has 19 heavy (non-hydrogen) atoms. The molecular weight excluding hydrogens is 334 g/mol. The average molecular weight is 352 g/mol. The number of sulfone groups is 1. The van der Waals surface area contributed by atoms with Crippen molar-refractivity contribution in [2.24, 2.45) is 0 Å². The fourth-order valence-electron chi connectivity index (χ4n) is 1.46. The van der Waals surface area contributed by atoms with Gasteiger partial charge in [0.2, 0.25) is 0 Å². The van der Waals surface area contributed by atoms with Gasteiger partial charge in [0.1, 0.15) is 10.9 Å². The summed E-state index contributed by atoms with van der Waals surface area (Å²) in [4.78, 5) is 14.2. The maximum absolute atomic E-state index is 12.3. The minimum atomic E-state index is -3.41. The van der Waals surface area contributed by atoms with E-state index in [1.54, 1.807) is 0 Å². The Morgan fingerprint density at radius 1 is 1.53 bits per heavy atom. The lowest BCUT2D eigenvalue weighted by Crippen LogP contribution is -2.30. The maximum atomic E-state index is 12.3. The van der Waals surface area contributed by atoms with Gasteiger partial charge in [-0.15, -0.1) is 0 Å². The van der Waals surface area contributed by atoms with Crippen LogP contribution in [0, 0.1) is 0 Å². The van der Waals surface area contributed by atoms with E-state index in [-0.39, 0.29) is 0 Å². The molecule has 1 heterocycles. The number of rotatable bonds is 6. The summed E-state index contributed by atoms with van der Waals surface area (Å²) in [5, 5.41) is 3.03. The second kappa shape index (κ2) is 6.15. The molecule has 0 aliphatic rings. The van der Waals surface area contributed by atoms with Crippen LogP contribution >= 0.6 is 15.9 Å². The number of hydrogen-bond acceptors (Lipinski definition) is 5. The third kappa shape index (κ3) is 4.12. The number of carbonyl (C=O) groups is 1. The molecule has 0 radical (unpaired) electrons. The highest BCUT2D eigenvalue weighted by molar-refractivity contribution is 9.10. The molecule has 1 atom stereocenters. The van der Waals surface area contributed by atoms with Crippen LogP contribution in [0.4, 0.5) is 0 Å². The van der Waals surface area contributed by atoms with Crippen molar-refractivity contribution in [3.8, 4) is 0 Å². The first kappa shape index (κ1) is 16.3. The van der Waals surface area contributed by atoms with Crippen LogP contribution in [0.5, 0.6) is 0 Å². The van der Waals surface area contributed by atoms with Crippen molar-refractivity contribution >= 4 is 31.6 Å². The maximum Gasteiger partial charge on any atom is 0.199 e. The SMILES string of the molecule is CC(C(=O)c1c(Br)cnn1CCN(C)C)S(C)(=O)=O. The Balaban J connectivity index is 3.06. The van der Waals surface area contributed by atoms with Gasteiger partial charge in [-0.25, -0.2) is 8.42 Å². The number of ketones is 1. The van der Waals surface area contributed by atoms with Gasteiger partial charge in [-0.3, -0.25) is 9.48 Å². The first-order valence-corrected chi connectivity index (χ1v) is 8.48. The van der Waals surface area contributed by atoms with E-state index in [1.807, 2.05) is 19.0 Å². The van der Waals surface area contributed by atoms with Crippen LogP contribution in [0.25, 0.3) is 0 Å². The van der Waals surface area contributed by atoms with Gasteiger partial charge < -0.3 is 4.90 Å². The molecule has 8 heteroatoms. The van der Waals surface area contributed by atoms with E-state index in [0.29, 0.717) is 23.3 Å². The standard InChI is InChI=1S/C11H18BrN3O3S/c1-8(19(4,17)18)11(16)10-9(12)7-13-15(10)6-5-14(2)3/h7-8H,5-6H2,1-4H3. The summed E-state index contributed by atoms with van der Waals surface area (Å²) < 4.78 is 25.0. The Morgan fingerprint density at radius 2 is 2.11 bits per heavy atom. The molecule has 1 aromatic heterocycles. The predicted molar refractivity (Wildman–Crippen MR) is 77.1 cm³/mol. The molecule has 0 aromatic carbocycles. The minimum absolute atomic E-state index is 0.305. The molecule has 0 aliphatic carbocycles. The van der Waals surface area contributed by atoms with Crippen molar-refractivity contribution in [2.45, 2.75) is 18.7 Å². The first-order valence-electron chi connectivity index (χ1n) is 5.73. The second-order valence-electron chi connectivity index (χ2n) is 4.70. The summed E-state index contributed by atoms with van der Waals surface area (Å²) in [5.41, 5.74) is 0.305. The molecule has 0 N–H and O–H groups in total. The molecule has 108 valence electrons.